The summed E-state index contributed by atoms with van der Waals surface area (Å²) in [5, 5.41) is 0. The molecule has 2 aromatic rings. The van der Waals surface area contributed by atoms with Crippen molar-refractivity contribution in [3.63, 3.8) is 0 Å². The van der Waals surface area contributed by atoms with Crippen LogP contribution in [0.5, 0.6) is 5.75 Å². The Morgan fingerprint density at radius 1 is 1.35 bits per heavy atom. The number of imidazole rings is 1. The van der Waals surface area contributed by atoms with Gasteiger partial charge >= 0.3 is 0 Å². The van der Waals surface area contributed by atoms with Crippen LogP contribution in [-0.4, -0.2) is 16.6 Å². The van der Waals surface area contributed by atoms with Crippen molar-refractivity contribution in [2.75, 3.05) is 6.61 Å². The van der Waals surface area contributed by atoms with Crippen LogP contribution in [0.25, 0.3) is 11.4 Å². The van der Waals surface area contributed by atoms with E-state index < -0.39 is 0 Å². The zero-order valence-corrected chi connectivity index (χ0v) is 10.1. The molecule has 3 N–H and O–H groups in total. The highest BCUT2D eigenvalue weighted by Gasteiger charge is 2.06. The second kappa shape index (κ2) is 5.01. The van der Waals surface area contributed by atoms with Crippen molar-refractivity contribution in [1.29, 1.82) is 0 Å². The number of nitrogens with one attached hydrogen (secondary N) is 1. The zero-order chi connectivity index (χ0) is 12.3. The van der Waals surface area contributed by atoms with Crippen LogP contribution in [0.3, 0.4) is 0 Å². The Morgan fingerprint density at radius 2 is 2.06 bits per heavy atom. The van der Waals surface area contributed by atoms with Gasteiger partial charge in [0.1, 0.15) is 11.6 Å². The molecule has 4 heteroatoms. The third-order valence-corrected chi connectivity index (χ3v) is 2.52. The first-order chi connectivity index (χ1) is 8.20. The summed E-state index contributed by atoms with van der Waals surface area (Å²) in [6, 6.07) is 7.81. The predicted octanol–water partition coefficient (Wildman–Crippen LogP) is 2.50. The van der Waals surface area contributed by atoms with E-state index >= 15 is 0 Å². The molecule has 4 nitrogen and oxygen atoms in total. The molecular weight excluding hydrogens is 214 g/mol. The fourth-order valence-electron chi connectivity index (χ4n) is 1.59. The second-order valence-corrected chi connectivity index (χ2v) is 3.93. The summed E-state index contributed by atoms with van der Waals surface area (Å²) in [4.78, 5) is 7.51. The van der Waals surface area contributed by atoms with Crippen LogP contribution in [0.4, 0.5) is 0 Å². The monoisotopic (exact) mass is 231 g/mol. The topological polar surface area (TPSA) is 63.9 Å². The number of benzene rings is 1. The highest BCUT2D eigenvalue weighted by Crippen LogP contribution is 2.20. The minimum atomic E-state index is -0.0288. The molecule has 0 aliphatic carbocycles. The average molecular weight is 231 g/mol. The molecule has 0 radical (unpaired) electrons. The van der Waals surface area contributed by atoms with Crippen LogP contribution >= 0.6 is 0 Å². The van der Waals surface area contributed by atoms with Gasteiger partial charge in [-0.3, -0.25) is 0 Å². The summed E-state index contributed by atoms with van der Waals surface area (Å²) in [5.41, 5.74) is 7.74. The Hall–Kier alpha value is -1.81. The van der Waals surface area contributed by atoms with Gasteiger partial charge in [-0.05, 0) is 38.1 Å². The predicted molar refractivity (Wildman–Crippen MR) is 67.8 cm³/mol. The number of nitrogens with two attached hydrogens (primary N) is 1. The summed E-state index contributed by atoms with van der Waals surface area (Å²) >= 11 is 0. The molecule has 0 fully saturated rings. The molecule has 0 saturated heterocycles. The largest absolute Gasteiger partial charge is 0.494 e. The second-order valence-electron chi connectivity index (χ2n) is 3.93. The molecule has 17 heavy (non-hydrogen) atoms. The maximum absolute atomic E-state index is 5.78. The Balaban J connectivity index is 2.21. The van der Waals surface area contributed by atoms with E-state index in [0.717, 1.165) is 22.8 Å². The van der Waals surface area contributed by atoms with Gasteiger partial charge < -0.3 is 15.5 Å². The third kappa shape index (κ3) is 2.65. The lowest BCUT2D eigenvalue weighted by atomic mass is 10.2. The smallest absolute Gasteiger partial charge is 0.137 e. The highest BCUT2D eigenvalue weighted by atomic mass is 16.5. The highest BCUT2D eigenvalue weighted by molar-refractivity contribution is 5.56. The Morgan fingerprint density at radius 3 is 2.59 bits per heavy atom. The maximum atomic E-state index is 5.78. The molecule has 1 heterocycles. The van der Waals surface area contributed by atoms with E-state index in [1.54, 1.807) is 6.20 Å². The first-order valence-electron chi connectivity index (χ1n) is 5.74. The van der Waals surface area contributed by atoms with Gasteiger partial charge in [0, 0.05) is 11.6 Å². The van der Waals surface area contributed by atoms with Crippen molar-refractivity contribution < 1.29 is 4.74 Å². The molecule has 1 aromatic heterocycles. The minimum absolute atomic E-state index is 0.0288. The molecule has 0 aliphatic heterocycles. The van der Waals surface area contributed by atoms with E-state index in [0.29, 0.717) is 6.61 Å². The molecule has 0 amide bonds. The van der Waals surface area contributed by atoms with E-state index in [-0.39, 0.29) is 6.04 Å². The van der Waals surface area contributed by atoms with Gasteiger partial charge in [-0.2, -0.15) is 0 Å². The van der Waals surface area contributed by atoms with Gasteiger partial charge in [-0.25, -0.2) is 4.98 Å². The van der Waals surface area contributed by atoms with Crippen molar-refractivity contribution in [3.8, 4) is 17.1 Å². The number of aromatic nitrogens is 2. The molecule has 0 bridgehead atoms. The third-order valence-electron chi connectivity index (χ3n) is 2.52. The molecule has 1 unspecified atom stereocenters. The first kappa shape index (κ1) is 11.7. The van der Waals surface area contributed by atoms with E-state index in [4.69, 9.17) is 10.5 Å². The van der Waals surface area contributed by atoms with Crippen LogP contribution < -0.4 is 10.5 Å². The number of ether oxygens (including phenoxy) is 1. The van der Waals surface area contributed by atoms with Crippen LogP contribution in [0.15, 0.2) is 30.5 Å². The molecule has 0 spiro atoms. The lowest BCUT2D eigenvalue weighted by molar-refractivity contribution is 0.340. The number of nitrogens with zero attached hydrogens (tertiary/aromatic N) is 1. The van der Waals surface area contributed by atoms with Gasteiger partial charge in [0.25, 0.3) is 0 Å². The summed E-state index contributed by atoms with van der Waals surface area (Å²) in [7, 11) is 0. The summed E-state index contributed by atoms with van der Waals surface area (Å²) in [6.45, 7) is 4.57. The number of H-pyrrole nitrogens is 1. The molecule has 0 aliphatic rings. The van der Waals surface area contributed by atoms with Crippen LogP contribution in [-0.2, 0) is 0 Å². The number of hydrogen-bond donors (Lipinski definition) is 2. The SMILES string of the molecule is CCOc1ccc(-c2ncc(C(C)N)[nH]2)cc1. The Labute approximate surface area is 101 Å². The van der Waals surface area contributed by atoms with Gasteiger partial charge in [0.15, 0.2) is 0 Å². The molecule has 1 atom stereocenters. The minimum Gasteiger partial charge on any atom is -0.494 e. The van der Waals surface area contributed by atoms with Gasteiger partial charge in [0.05, 0.1) is 18.5 Å². The molecule has 90 valence electrons. The van der Waals surface area contributed by atoms with Gasteiger partial charge in [0.2, 0.25) is 0 Å². The molecule has 2 rings (SSSR count). The van der Waals surface area contributed by atoms with Crippen molar-refractivity contribution in [2.45, 2.75) is 19.9 Å². The number of aromatic amines is 1. The normalized spacial score (nSPS) is 12.4. The van der Waals surface area contributed by atoms with Crippen LogP contribution in [0, 0.1) is 0 Å². The quantitative estimate of drug-likeness (QED) is 0.849. The van der Waals surface area contributed by atoms with Gasteiger partial charge in [-0.1, -0.05) is 0 Å². The average Bonchev–Trinajstić information content (AvgIpc) is 2.80. The first-order valence-corrected chi connectivity index (χ1v) is 5.74. The standard InChI is InChI=1S/C13H17N3O/c1-3-17-11-6-4-10(5-7-11)13-15-8-12(16-13)9(2)14/h4-9H,3,14H2,1-2H3,(H,15,16). The number of rotatable bonds is 4. The summed E-state index contributed by atoms with van der Waals surface area (Å²) in [5.74, 6) is 1.70. The van der Waals surface area contributed by atoms with Gasteiger partial charge in [-0.15, -0.1) is 0 Å². The Kier molecular flexibility index (Phi) is 3.44. The van der Waals surface area contributed by atoms with Crippen molar-refractivity contribution in [1.82, 2.24) is 9.97 Å². The van der Waals surface area contributed by atoms with Crippen LogP contribution in [0.2, 0.25) is 0 Å². The zero-order valence-electron chi connectivity index (χ0n) is 10.1. The summed E-state index contributed by atoms with van der Waals surface area (Å²) in [6.07, 6.45) is 1.77. The Bertz CT molecular complexity index is 474. The van der Waals surface area contributed by atoms with E-state index in [1.165, 1.54) is 0 Å². The van der Waals surface area contributed by atoms with Crippen molar-refractivity contribution in [2.24, 2.45) is 5.73 Å². The fraction of sp³-hybridized carbons (Fsp3) is 0.308. The van der Waals surface area contributed by atoms with Crippen molar-refractivity contribution >= 4 is 0 Å². The van der Waals surface area contributed by atoms with Crippen LogP contribution in [0.1, 0.15) is 25.6 Å². The fourth-order valence-corrected chi connectivity index (χ4v) is 1.59. The molecular formula is C13H17N3O. The lowest BCUT2D eigenvalue weighted by Gasteiger charge is -2.03. The molecule has 0 saturated carbocycles. The molecule has 1 aromatic carbocycles. The lowest BCUT2D eigenvalue weighted by Crippen LogP contribution is -2.04. The summed E-state index contributed by atoms with van der Waals surface area (Å²) < 4.78 is 5.39. The van der Waals surface area contributed by atoms with E-state index in [1.807, 2.05) is 38.1 Å². The van der Waals surface area contributed by atoms with E-state index in [9.17, 15) is 0 Å². The number of hydrogen-bond acceptors (Lipinski definition) is 3. The maximum Gasteiger partial charge on any atom is 0.137 e. The van der Waals surface area contributed by atoms with Crippen molar-refractivity contribution in [3.05, 3.63) is 36.2 Å². The van der Waals surface area contributed by atoms with E-state index in [2.05, 4.69) is 9.97 Å².